The molecule has 0 aromatic rings. The van der Waals surface area contributed by atoms with Crippen LogP contribution in [0.3, 0.4) is 0 Å². The number of nitrogens with one attached hydrogen (secondary N) is 2. The predicted molar refractivity (Wildman–Crippen MR) is 58.9 cm³/mol. The number of rotatable bonds is 3. The van der Waals surface area contributed by atoms with E-state index in [-0.39, 0.29) is 24.6 Å². The van der Waals surface area contributed by atoms with Gasteiger partial charge in [0.1, 0.15) is 0 Å². The van der Waals surface area contributed by atoms with Crippen molar-refractivity contribution >= 4 is 11.9 Å². The van der Waals surface area contributed by atoms with E-state index in [1.807, 2.05) is 18.7 Å². The molecule has 0 spiro atoms. The van der Waals surface area contributed by atoms with Crippen molar-refractivity contribution in [1.82, 2.24) is 15.5 Å². The highest BCUT2D eigenvalue weighted by Gasteiger charge is 2.22. The van der Waals surface area contributed by atoms with Crippen LogP contribution in [-0.2, 0) is 4.79 Å². The number of aliphatic hydroxyl groups is 1. The van der Waals surface area contributed by atoms with E-state index in [2.05, 4.69) is 10.6 Å². The quantitative estimate of drug-likeness (QED) is 0.597. The second-order valence-corrected chi connectivity index (χ2v) is 4.35. The van der Waals surface area contributed by atoms with Gasteiger partial charge in [-0.3, -0.25) is 15.0 Å². The fourth-order valence-electron chi connectivity index (χ4n) is 1.62. The Morgan fingerprint density at radius 3 is 2.69 bits per heavy atom. The van der Waals surface area contributed by atoms with E-state index in [0.29, 0.717) is 19.5 Å². The Balaban J connectivity index is 2.23. The monoisotopic (exact) mass is 229 g/mol. The van der Waals surface area contributed by atoms with E-state index < -0.39 is 6.03 Å². The number of nitrogens with zero attached hydrogens (tertiary/aromatic N) is 1. The van der Waals surface area contributed by atoms with Gasteiger partial charge in [0.25, 0.3) is 0 Å². The molecule has 3 amide bonds. The summed E-state index contributed by atoms with van der Waals surface area (Å²) in [6.07, 6.45) is 0.336. The first-order valence-electron chi connectivity index (χ1n) is 5.48. The highest BCUT2D eigenvalue weighted by Crippen LogP contribution is 2.07. The van der Waals surface area contributed by atoms with Crippen molar-refractivity contribution in [3.8, 4) is 0 Å². The van der Waals surface area contributed by atoms with E-state index in [9.17, 15) is 14.7 Å². The molecule has 1 atom stereocenters. The second-order valence-electron chi connectivity index (χ2n) is 4.35. The molecular formula is C10H19N3O3. The van der Waals surface area contributed by atoms with E-state index in [0.717, 1.165) is 0 Å². The summed E-state index contributed by atoms with van der Waals surface area (Å²) < 4.78 is 0. The second kappa shape index (κ2) is 5.81. The lowest BCUT2D eigenvalue weighted by Gasteiger charge is -2.14. The minimum Gasteiger partial charge on any atom is -0.392 e. The van der Waals surface area contributed by atoms with Crippen LogP contribution >= 0.6 is 0 Å². The number of aliphatic hydroxyl groups excluding tert-OH is 1. The van der Waals surface area contributed by atoms with Crippen LogP contribution in [0.1, 0.15) is 20.3 Å². The van der Waals surface area contributed by atoms with Crippen LogP contribution in [0.2, 0.25) is 0 Å². The molecule has 0 aromatic carbocycles. The average Bonchev–Trinajstić information content (AvgIpc) is 2.48. The lowest BCUT2D eigenvalue weighted by atomic mass is 10.3. The van der Waals surface area contributed by atoms with Gasteiger partial charge in [-0.2, -0.15) is 0 Å². The van der Waals surface area contributed by atoms with Gasteiger partial charge in [0.2, 0.25) is 5.91 Å². The topological polar surface area (TPSA) is 81.7 Å². The zero-order chi connectivity index (χ0) is 12.1. The van der Waals surface area contributed by atoms with Crippen LogP contribution < -0.4 is 10.6 Å². The van der Waals surface area contributed by atoms with Crippen molar-refractivity contribution < 1.29 is 14.7 Å². The van der Waals surface area contributed by atoms with Crippen LogP contribution in [0.5, 0.6) is 0 Å². The van der Waals surface area contributed by atoms with Gasteiger partial charge in [0.15, 0.2) is 0 Å². The predicted octanol–water partition coefficient (Wildman–Crippen LogP) is -0.713. The molecule has 0 bridgehead atoms. The summed E-state index contributed by atoms with van der Waals surface area (Å²) >= 11 is 0. The fourth-order valence-corrected chi connectivity index (χ4v) is 1.62. The van der Waals surface area contributed by atoms with Crippen molar-refractivity contribution in [1.29, 1.82) is 0 Å². The van der Waals surface area contributed by atoms with Crippen LogP contribution in [-0.4, -0.2) is 53.7 Å². The maximum absolute atomic E-state index is 11.4. The Hall–Kier alpha value is -1.14. The molecule has 1 aliphatic rings. The molecule has 6 nitrogen and oxygen atoms in total. The normalized spacial score (nSPS) is 21.1. The standard InChI is InChI=1S/C10H19N3O3/c1-7(2)11-10(16)12-9(15)6-13-4-3-8(14)5-13/h7-8,14H,3-6H2,1-2H3,(H2,11,12,15,16)/t8-/m0/s1. The molecule has 92 valence electrons. The number of β-amino-alcohol motifs (C(OH)–C–C–N with tert-alkyl or cyclic N) is 1. The number of urea groups is 1. The van der Waals surface area contributed by atoms with Gasteiger partial charge in [-0.1, -0.05) is 0 Å². The Morgan fingerprint density at radius 1 is 1.50 bits per heavy atom. The molecule has 1 heterocycles. The lowest BCUT2D eigenvalue weighted by Crippen LogP contribution is -2.46. The molecular weight excluding hydrogens is 210 g/mol. The Bertz CT molecular complexity index is 268. The van der Waals surface area contributed by atoms with Crippen LogP contribution in [0, 0.1) is 0 Å². The van der Waals surface area contributed by atoms with E-state index in [4.69, 9.17) is 0 Å². The highest BCUT2D eigenvalue weighted by molar-refractivity contribution is 5.95. The van der Waals surface area contributed by atoms with Gasteiger partial charge in [-0.05, 0) is 20.3 Å². The van der Waals surface area contributed by atoms with Gasteiger partial charge in [0, 0.05) is 19.1 Å². The van der Waals surface area contributed by atoms with Crippen molar-refractivity contribution in [2.45, 2.75) is 32.4 Å². The molecule has 0 radical (unpaired) electrons. The number of carbonyl (C=O) groups excluding carboxylic acids is 2. The van der Waals surface area contributed by atoms with Crippen LogP contribution in [0.25, 0.3) is 0 Å². The zero-order valence-corrected chi connectivity index (χ0v) is 9.69. The molecule has 1 fully saturated rings. The Labute approximate surface area is 95.0 Å². The van der Waals surface area contributed by atoms with Crippen molar-refractivity contribution in [2.75, 3.05) is 19.6 Å². The van der Waals surface area contributed by atoms with Crippen molar-refractivity contribution in [2.24, 2.45) is 0 Å². The van der Waals surface area contributed by atoms with Gasteiger partial charge >= 0.3 is 6.03 Å². The minimum atomic E-state index is -0.472. The number of hydrogen-bond acceptors (Lipinski definition) is 4. The summed E-state index contributed by atoms with van der Waals surface area (Å²) in [6, 6.07) is -0.471. The summed E-state index contributed by atoms with van der Waals surface area (Å²) in [5.74, 6) is -0.341. The van der Waals surface area contributed by atoms with Crippen LogP contribution in [0.15, 0.2) is 0 Å². The first-order valence-corrected chi connectivity index (χ1v) is 5.48. The Morgan fingerprint density at radius 2 is 2.19 bits per heavy atom. The van der Waals surface area contributed by atoms with Gasteiger partial charge in [-0.15, -0.1) is 0 Å². The summed E-state index contributed by atoms with van der Waals surface area (Å²) in [4.78, 5) is 24.4. The Kier molecular flexibility index (Phi) is 4.70. The van der Waals surface area contributed by atoms with Gasteiger partial charge < -0.3 is 10.4 Å². The molecule has 6 heteroatoms. The first kappa shape index (κ1) is 12.9. The minimum absolute atomic E-state index is 0.00130. The summed E-state index contributed by atoms with van der Waals surface area (Å²) in [5, 5.41) is 14.1. The summed E-state index contributed by atoms with van der Waals surface area (Å²) in [7, 11) is 0. The average molecular weight is 229 g/mol. The molecule has 1 rings (SSSR count). The third kappa shape index (κ3) is 4.59. The number of amides is 3. The molecule has 3 N–H and O–H groups in total. The van der Waals surface area contributed by atoms with E-state index in [1.54, 1.807) is 0 Å². The molecule has 1 aliphatic heterocycles. The fraction of sp³-hybridized carbons (Fsp3) is 0.800. The van der Waals surface area contributed by atoms with Gasteiger partial charge in [-0.25, -0.2) is 4.79 Å². The maximum Gasteiger partial charge on any atom is 0.321 e. The first-order chi connectivity index (χ1) is 7.47. The number of imide groups is 1. The third-order valence-electron chi connectivity index (χ3n) is 2.29. The SMILES string of the molecule is CC(C)NC(=O)NC(=O)CN1CC[C@H](O)C1. The van der Waals surface area contributed by atoms with Crippen LogP contribution in [0.4, 0.5) is 4.79 Å². The summed E-state index contributed by atoms with van der Waals surface area (Å²) in [6.45, 7) is 4.99. The highest BCUT2D eigenvalue weighted by atomic mass is 16.3. The largest absolute Gasteiger partial charge is 0.392 e. The molecule has 0 aromatic heterocycles. The van der Waals surface area contributed by atoms with Crippen molar-refractivity contribution in [3.05, 3.63) is 0 Å². The lowest BCUT2D eigenvalue weighted by molar-refractivity contribution is -0.121. The zero-order valence-electron chi connectivity index (χ0n) is 9.69. The van der Waals surface area contributed by atoms with E-state index >= 15 is 0 Å². The third-order valence-corrected chi connectivity index (χ3v) is 2.29. The van der Waals surface area contributed by atoms with E-state index in [1.165, 1.54) is 0 Å². The maximum atomic E-state index is 11.4. The molecule has 16 heavy (non-hydrogen) atoms. The molecule has 0 unspecified atom stereocenters. The van der Waals surface area contributed by atoms with Gasteiger partial charge in [0.05, 0.1) is 12.6 Å². The van der Waals surface area contributed by atoms with Crippen molar-refractivity contribution in [3.63, 3.8) is 0 Å². The number of carbonyl (C=O) groups is 2. The number of likely N-dealkylation sites (tertiary alicyclic amines) is 1. The molecule has 1 saturated heterocycles. The summed E-state index contributed by atoms with van der Waals surface area (Å²) in [5.41, 5.74) is 0. The molecule has 0 aliphatic carbocycles. The number of hydrogen-bond donors (Lipinski definition) is 3. The smallest absolute Gasteiger partial charge is 0.321 e. The molecule has 0 saturated carbocycles.